The first-order valence-electron chi connectivity index (χ1n) is 8.88. The number of methoxy groups -OCH3 is 1. The molecule has 0 spiro atoms. The molecule has 1 saturated heterocycles. The van der Waals surface area contributed by atoms with Crippen LogP contribution in [-0.2, 0) is 4.74 Å². The van der Waals surface area contributed by atoms with Gasteiger partial charge in [-0.3, -0.25) is 4.79 Å². The second-order valence-corrected chi connectivity index (χ2v) is 7.27. The molecule has 14 heteroatoms. The number of aromatic nitrogens is 1. The number of hydrogen-bond donors (Lipinski definition) is 3. The number of nitrogen functional groups attached to an aromatic ring is 1. The Morgan fingerprint density at radius 2 is 1.75 bits per heavy atom. The number of nitrogens with two attached hydrogens (primary N) is 2. The van der Waals surface area contributed by atoms with E-state index in [0.717, 1.165) is 6.20 Å². The molecule has 1 saturated carbocycles. The monoisotopic (exact) mass is 538 g/mol. The van der Waals surface area contributed by atoms with Crippen LogP contribution in [0.4, 0.5) is 20.2 Å². The average molecular weight is 540 g/mol. The Bertz CT molecular complexity index is 1070. The number of carboxylic acids is 1. The lowest BCUT2D eigenvalue weighted by molar-refractivity contribution is 0.0694. The summed E-state index contributed by atoms with van der Waals surface area (Å²) in [6, 6.07) is -0.610. The summed E-state index contributed by atoms with van der Waals surface area (Å²) in [5, 5.41) is 8.87. The maximum absolute atomic E-state index is 15.6. The molecule has 1 aliphatic carbocycles. The third-order valence-corrected chi connectivity index (χ3v) is 5.46. The molecule has 0 amide bonds. The SMILES string of the molecule is CO[C@@H]1CN(c2c(F)c(N)c3c(=O)c(C(=O)O)cn(C4CC4)c3c2F)C[C@@H]1N.Cl.Cl.Cl.Cl. The molecule has 2 fully saturated rings. The van der Waals surface area contributed by atoms with E-state index in [2.05, 4.69) is 0 Å². The fourth-order valence-electron chi connectivity index (χ4n) is 3.85. The van der Waals surface area contributed by atoms with Crippen LogP contribution < -0.4 is 21.8 Å². The van der Waals surface area contributed by atoms with Gasteiger partial charge < -0.3 is 30.8 Å². The molecule has 1 aliphatic heterocycles. The maximum atomic E-state index is 15.6. The number of nitrogens with zero attached hydrogens (tertiary/aromatic N) is 2. The lowest BCUT2D eigenvalue weighted by atomic mass is 10.1. The second kappa shape index (κ2) is 11.0. The molecule has 1 aromatic heterocycles. The van der Waals surface area contributed by atoms with Crippen molar-refractivity contribution in [2.24, 2.45) is 5.73 Å². The topological polar surface area (TPSA) is 124 Å². The second-order valence-electron chi connectivity index (χ2n) is 7.27. The van der Waals surface area contributed by atoms with Crippen LogP contribution in [0.25, 0.3) is 10.9 Å². The molecule has 0 unspecified atom stereocenters. The fourth-order valence-corrected chi connectivity index (χ4v) is 3.85. The van der Waals surface area contributed by atoms with Crippen molar-refractivity contribution in [1.82, 2.24) is 4.57 Å². The smallest absolute Gasteiger partial charge is 0.341 e. The van der Waals surface area contributed by atoms with Gasteiger partial charge in [-0.25, -0.2) is 13.6 Å². The lowest BCUT2D eigenvalue weighted by Gasteiger charge is -2.23. The highest BCUT2D eigenvalue weighted by molar-refractivity contribution is 5.99. The number of ether oxygens (including phenoxy) is 1. The molecule has 2 aromatic rings. The zero-order chi connectivity index (χ0) is 20.3. The van der Waals surface area contributed by atoms with Crippen molar-refractivity contribution in [3.8, 4) is 0 Å². The van der Waals surface area contributed by atoms with Gasteiger partial charge >= 0.3 is 5.97 Å². The number of rotatable bonds is 4. The zero-order valence-corrected chi connectivity index (χ0v) is 20.0. The first-order chi connectivity index (χ1) is 13.3. The van der Waals surface area contributed by atoms with Crippen molar-refractivity contribution in [1.29, 1.82) is 0 Å². The van der Waals surface area contributed by atoms with Gasteiger partial charge in [0.2, 0.25) is 5.43 Å². The lowest BCUT2D eigenvalue weighted by Crippen LogP contribution is -2.34. The summed E-state index contributed by atoms with van der Waals surface area (Å²) in [7, 11) is 1.47. The third kappa shape index (κ3) is 4.71. The molecule has 182 valence electrons. The predicted octanol–water partition coefficient (Wildman–Crippen LogP) is 2.74. The van der Waals surface area contributed by atoms with Gasteiger partial charge in [-0.2, -0.15) is 0 Å². The van der Waals surface area contributed by atoms with E-state index in [-0.39, 0.29) is 80.0 Å². The van der Waals surface area contributed by atoms with Crippen LogP contribution in [0, 0.1) is 11.6 Å². The summed E-state index contributed by atoms with van der Waals surface area (Å²) in [4.78, 5) is 25.5. The molecule has 2 heterocycles. The standard InChI is InChI=1S/C18H20F2N4O4.4ClH/c1-28-10-6-23(5-9(10)21)16-12(19)14(22)11-15(13(16)20)24(7-2-3-7)4-8(17(11)25)18(26)27;;;;/h4,7,9-10H,2-3,5-6,21-22H2,1H3,(H,26,27);4*1H/t9-,10+;;;;/m0..../s1. The van der Waals surface area contributed by atoms with E-state index in [0.29, 0.717) is 12.8 Å². The predicted molar refractivity (Wildman–Crippen MR) is 128 cm³/mol. The Morgan fingerprint density at radius 3 is 2.22 bits per heavy atom. The Morgan fingerprint density at radius 1 is 1.16 bits per heavy atom. The number of benzene rings is 1. The average Bonchev–Trinajstić information content (AvgIpc) is 3.42. The largest absolute Gasteiger partial charge is 0.477 e. The van der Waals surface area contributed by atoms with E-state index >= 15 is 8.78 Å². The summed E-state index contributed by atoms with van der Waals surface area (Å²) >= 11 is 0. The highest BCUT2D eigenvalue weighted by atomic mass is 35.5. The van der Waals surface area contributed by atoms with Crippen molar-refractivity contribution in [3.05, 3.63) is 33.6 Å². The van der Waals surface area contributed by atoms with Crippen LogP contribution in [0.15, 0.2) is 11.0 Å². The van der Waals surface area contributed by atoms with Gasteiger partial charge in [0, 0.05) is 32.4 Å². The van der Waals surface area contributed by atoms with Crippen LogP contribution in [0.3, 0.4) is 0 Å². The number of aromatic carboxylic acids is 1. The minimum Gasteiger partial charge on any atom is -0.477 e. The molecule has 5 N–H and O–H groups in total. The molecule has 2 aliphatic rings. The van der Waals surface area contributed by atoms with Crippen LogP contribution in [0.5, 0.6) is 0 Å². The third-order valence-electron chi connectivity index (χ3n) is 5.46. The first kappa shape index (κ1) is 30.4. The van der Waals surface area contributed by atoms with E-state index in [1.807, 2.05) is 0 Å². The summed E-state index contributed by atoms with van der Waals surface area (Å²) < 4.78 is 37.3. The fraction of sp³-hybridized carbons (Fsp3) is 0.444. The number of carbonyl (C=O) groups is 1. The van der Waals surface area contributed by atoms with E-state index < -0.39 is 51.8 Å². The van der Waals surface area contributed by atoms with E-state index in [1.165, 1.54) is 16.6 Å². The van der Waals surface area contributed by atoms with Crippen LogP contribution >= 0.6 is 49.6 Å². The number of hydrogen-bond acceptors (Lipinski definition) is 6. The van der Waals surface area contributed by atoms with Gasteiger partial charge in [-0.1, -0.05) is 0 Å². The van der Waals surface area contributed by atoms with Gasteiger partial charge in [0.05, 0.1) is 28.7 Å². The minimum atomic E-state index is -1.47. The molecule has 2 atom stereocenters. The van der Waals surface area contributed by atoms with E-state index in [4.69, 9.17) is 16.2 Å². The van der Waals surface area contributed by atoms with Crippen molar-refractivity contribution in [2.75, 3.05) is 30.8 Å². The minimum absolute atomic E-state index is 0. The molecule has 8 nitrogen and oxygen atoms in total. The van der Waals surface area contributed by atoms with Gasteiger partial charge in [0.15, 0.2) is 11.6 Å². The molecule has 4 rings (SSSR count). The van der Waals surface area contributed by atoms with Crippen LogP contribution in [-0.4, -0.2) is 48.0 Å². The van der Waals surface area contributed by atoms with Crippen LogP contribution in [0.1, 0.15) is 29.2 Å². The number of fused-ring (bicyclic) bond motifs is 1. The van der Waals surface area contributed by atoms with Gasteiger partial charge in [-0.05, 0) is 12.8 Å². The van der Waals surface area contributed by atoms with Gasteiger partial charge in [-0.15, -0.1) is 49.6 Å². The number of anilines is 2. The highest BCUT2D eigenvalue weighted by Crippen LogP contribution is 2.42. The summed E-state index contributed by atoms with van der Waals surface area (Å²) in [6.07, 6.45) is 2.10. The molecular weight excluding hydrogens is 516 g/mol. The quantitative estimate of drug-likeness (QED) is 0.510. The first-order valence-corrected chi connectivity index (χ1v) is 8.88. The summed E-state index contributed by atoms with van der Waals surface area (Å²) in [5.74, 6) is -3.53. The molecule has 32 heavy (non-hydrogen) atoms. The summed E-state index contributed by atoms with van der Waals surface area (Å²) in [6.45, 7) is 0.315. The number of halogens is 6. The Balaban J connectivity index is 0.00000240. The zero-order valence-electron chi connectivity index (χ0n) is 16.7. The van der Waals surface area contributed by atoms with E-state index in [1.54, 1.807) is 0 Å². The molecule has 1 aromatic carbocycles. The van der Waals surface area contributed by atoms with Crippen molar-refractivity contribution < 1.29 is 23.4 Å². The summed E-state index contributed by atoms with van der Waals surface area (Å²) in [5.41, 5.74) is 9.15. The van der Waals surface area contributed by atoms with Crippen molar-refractivity contribution >= 4 is 77.9 Å². The van der Waals surface area contributed by atoms with Crippen LogP contribution in [0.2, 0.25) is 0 Å². The normalized spacial score (nSPS) is 19.4. The van der Waals surface area contributed by atoms with Gasteiger partial charge in [0.25, 0.3) is 0 Å². The maximum Gasteiger partial charge on any atom is 0.341 e. The highest BCUT2D eigenvalue weighted by Gasteiger charge is 2.37. The molecular formula is C18H24Cl4F2N4O4. The van der Waals surface area contributed by atoms with Gasteiger partial charge in [0.1, 0.15) is 11.3 Å². The number of pyridine rings is 1. The Kier molecular flexibility index (Phi) is 10.5. The molecule has 0 bridgehead atoms. The molecule has 0 radical (unpaired) electrons. The van der Waals surface area contributed by atoms with Crippen molar-refractivity contribution in [2.45, 2.75) is 31.0 Å². The Hall–Kier alpha value is -1.56. The number of carboxylic acid groups (broad SMARTS) is 1. The van der Waals surface area contributed by atoms with E-state index in [9.17, 15) is 14.7 Å². The van der Waals surface area contributed by atoms with Crippen molar-refractivity contribution in [3.63, 3.8) is 0 Å². The Labute approximate surface area is 206 Å².